The van der Waals surface area contributed by atoms with Gasteiger partial charge in [0, 0.05) is 16.5 Å². The number of nitrogens with zero attached hydrogens (tertiary/aromatic N) is 1. The first-order valence-corrected chi connectivity index (χ1v) is 13.0. The number of pyridine rings is 1. The lowest BCUT2D eigenvalue weighted by molar-refractivity contribution is 0.0471. The molecular formula is C31H25Cl2NO4. The van der Waals surface area contributed by atoms with Gasteiger partial charge in [-0.1, -0.05) is 47.5 Å². The molecule has 1 aliphatic carbocycles. The van der Waals surface area contributed by atoms with Gasteiger partial charge < -0.3 is 9.47 Å². The first-order valence-electron chi connectivity index (χ1n) is 12.3. The van der Waals surface area contributed by atoms with E-state index in [1.54, 1.807) is 31.4 Å². The van der Waals surface area contributed by atoms with Crippen molar-refractivity contribution in [3.05, 3.63) is 104 Å². The molecule has 0 saturated carbocycles. The van der Waals surface area contributed by atoms with Crippen molar-refractivity contribution in [1.29, 1.82) is 0 Å². The van der Waals surface area contributed by atoms with Crippen LogP contribution in [-0.4, -0.2) is 23.8 Å². The van der Waals surface area contributed by atoms with Gasteiger partial charge in [-0.3, -0.25) is 4.79 Å². The number of aromatic nitrogens is 1. The highest BCUT2D eigenvalue weighted by Crippen LogP contribution is 2.37. The summed E-state index contributed by atoms with van der Waals surface area (Å²) in [5.74, 6) is 0.0397. The van der Waals surface area contributed by atoms with E-state index in [4.69, 9.17) is 37.7 Å². The monoisotopic (exact) mass is 545 g/mol. The third-order valence-corrected chi connectivity index (χ3v) is 7.44. The van der Waals surface area contributed by atoms with Gasteiger partial charge in [0.1, 0.15) is 12.4 Å². The summed E-state index contributed by atoms with van der Waals surface area (Å²) in [6.07, 6.45) is 4.45. The molecule has 0 saturated heterocycles. The van der Waals surface area contributed by atoms with Crippen LogP contribution in [0.4, 0.5) is 0 Å². The Kier molecular flexibility index (Phi) is 7.50. The molecule has 0 spiro atoms. The number of hydrogen-bond donors (Lipinski definition) is 0. The minimum absolute atomic E-state index is 0.0273. The standard InChI is InChI=1S/C31H25Cl2NO4/c1-18(35)20-11-13-28(37-2)22(16-20)17-38-31(36)29-23-7-3-4-9-27(23)34-30-21(6-5-8-24(29)30)14-19-10-12-25(32)26(33)15-19/h3-4,7,9-16H,5-6,8,17H2,1-2H3/b21-14-. The van der Waals surface area contributed by atoms with Crippen molar-refractivity contribution in [1.82, 2.24) is 4.98 Å². The van der Waals surface area contributed by atoms with Gasteiger partial charge in [0.05, 0.1) is 33.9 Å². The number of carbonyl (C=O) groups is 2. The molecule has 3 aromatic carbocycles. The van der Waals surface area contributed by atoms with Gasteiger partial charge in [-0.05, 0) is 85.4 Å². The average Bonchev–Trinajstić information content (AvgIpc) is 2.92. The quantitative estimate of drug-likeness (QED) is 0.181. The number of fused-ring (bicyclic) bond motifs is 2. The van der Waals surface area contributed by atoms with Crippen LogP contribution in [-0.2, 0) is 17.8 Å². The minimum Gasteiger partial charge on any atom is -0.496 e. The first-order chi connectivity index (χ1) is 18.4. The molecule has 4 aromatic rings. The first kappa shape index (κ1) is 26.0. The van der Waals surface area contributed by atoms with Crippen LogP contribution in [0.2, 0.25) is 10.0 Å². The van der Waals surface area contributed by atoms with E-state index in [9.17, 15) is 9.59 Å². The Bertz CT molecular complexity index is 1610. The van der Waals surface area contributed by atoms with Gasteiger partial charge in [-0.25, -0.2) is 9.78 Å². The van der Waals surface area contributed by atoms with Gasteiger partial charge in [-0.2, -0.15) is 0 Å². The Balaban J connectivity index is 1.56. The maximum absolute atomic E-state index is 13.7. The number of esters is 1. The molecule has 38 heavy (non-hydrogen) atoms. The molecule has 0 atom stereocenters. The number of rotatable bonds is 6. The van der Waals surface area contributed by atoms with Crippen LogP contribution in [0.5, 0.6) is 5.75 Å². The summed E-state index contributed by atoms with van der Waals surface area (Å²) >= 11 is 12.3. The van der Waals surface area contributed by atoms with E-state index in [0.717, 1.165) is 46.1 Å². The molecule has 0 radical (unpaired) electrons. The molecule has 0 unspecified atom stereocenters. The Morgan fingerprint density at radius 1 is 1.00 bits per heavy atom. The Morgan fingerprint density at radius 3 is 2.58 bits per heavy atom. The smallest absolute Gasteiger partial charge is 0.339 e. The largest absolute Gasteiger partial charge is 0.496 e. The van der Waals surface area contributed by atoms with E-state index < -0.39 is 5.97 Å². The third-order valence-electron chi connectivity index (χ3n) is 6.70. The highest BCUT2D eigenvalue weighted by molar-refractivity contribution is 6.42. The molecule has 7 heteroatoms. The highest BCUT2D eigenvalue weighted by atomic mass is 35.5. The molecule has 192 valence electrons. The van der Waals surface area contributed by atoms with E-state index in [1.165, 1.54) is 6.92 Å². The van der Waals surface area contributed by atoms with Crippen LogP contribution < -0.4 is 4.74 Å². The summed E-state index contributed by atoms with van der Waals surface area (Å²) < 4.78 is 11.3. The molecule has 0 bridgehead atoms. The topological polar surface area (TPSA) is 65.5 Å². The number of Topliss-reactive ketones (excluding diaryl/α,β-unsaturated/α-hetero) is 1. The Hall–Kier alpha value is -3.67. The fraction of sp³-hybridized carbons (Fsp3) is 0.194. The normalized spacial score (nSPS) is 13.8. The Morgan fingerprint density at radius 2 is 1.82 bits per heavy atom. The van der Waals surface area contributed by atoms with Gasteiger partial charge >= 0.3 is 5.97 Å². The number of benzene rings is 3. The molecule has 5 rings (SSSR count). The number of allylic oxidation sites excluding steroid dienone is 1. The third kappa shape index (κ3) is 5.17. The van der Waals surface area contributed by atoms with Crippen molar-refractivity contribution in [2.24, 2.45) is 0 Å². The van der Waals surface area contributed by atoms with E-state index in [2.05, 4.69) is 6.08 Å². The van der Waals surface area contributed by atoms with Crippen molar-refractivity contribution < 1.29 is 19.1 Å². The molecule has 1 aliphatic rings. The van der Waals surface area contributed by atoms with Crippen molar-refractivity contribution in [2.45, 2.75) is 32.8 Å². The number of halogens is 2. The van der Waals surface area contributed by atoms with Crippen LogP contribution in [0.3, 0.4) is 0 Å². The lowest BCUT2D eigenvalue weighted by Crippen LogP contribution is -2.15. The van der Waals surface area contributed by atoms with Crippen molar-refractivity contribution in [2.75, 3.05) is 7.11 Å². The van der Waals surface area contributed by atoms with E-state index in [-0.39, 0.29) is 12.4 Å². The molecule has 0 N–H and O–H groups in total. The molecular weight excluding hydrogens is 521 g/mol. The maximum Gasteiger partial charge on any atom is 0.339 e. The number of hydrogen-bond acceptors (Lipinski definition) is 5. The van der Waals surface area contributed by atoms with Crippen LogP contribution >= 0.6 is 23.2 Å². The van der Waals surface area contributed by atoms with Crippen LogP contribution in [0, 0.1) is 0 Å². The predicted octanol–water partition coefficient (Wildman–Crippen LogP) is 7.99. The van der Waals surface area contributed by atoms with Crippen molar-refractivity contribution in [3.8, 4) is 5.75 Å². The molecule has 5 nitrogen and oxygen atoms in total. The lowest BCUT2D eigenvalue weighted by Gasteiger charge is -2.22. The van der Waals surface area contributed by atoms with Crippen LogP contribution in [0.1, 0.15) is 62.9 Å². The van der Waals surface area contributed by atoms with Crippen molar-refractivity contribution >= 4 is 57.5 Å². The molecule has 0 aliphatic heterocycles. The van der Waals surface area contributed by atoms with Gasteiger partial charge in [0.15, 0.2) is 5.78 Å². The molecule has 1 heterocycles. The molecule has 0 amide bonds. The zero-order valence-electron chi connectivity index (χ0n) is 21.0. The maximum atomic E-state index is 13.7. The predicted molar refractivity (Wildman–Crippen MR) is 151 cm³/mol. The number of carbonyl (C=O) groups excluding carboxylic acids is 2. The van der Waals surface area contributed by atoms with Crippen LogP contribution in [0.25, 0.3) is 22.6 Å². The van der Waals surface area contributed by atoms with Gasteiger partial charge in [0.25, 0.3) is 0 Å². The second-order valence-corrected chi connectivity index (χ2v) is 10.0. The summed E-state index contributed by atoms with van der Waals surface area (Å²) in [4.78, 5) is 30.5. The number of ketones is 1. The number of methoxy groups -OCH3 is 1. The fourth-order valence-electron chi connectivity index (χ4n) is 4.84. The van der Waals surface area contributed by atoms with Crippen LogP contribution in [0.15, 0.2) is 60.7 Å². The zero-order chi connectivity index (χ0) is 26.8. The number of ether oxygens (including phenoxy) is 2. The molecule has 0 fully saturated rings. The SMILES string of the molecule is COc1ccc(C(C)=O)cc1COC(=O)c1c2c(nc3ccccc13)/C(=C\c1ccc(Cl)c(Cl)c1)CCC2. The van der Waals surface area contributed by atoms with Gasteiger partial charge in [-0.15, -0.1) is 0 Å². The van der Waals surface area contributed by atoms with E-state index >= 15 is 0 Å². The zero-order valence-corrected chi connectivity index (χ0v) is 22.5. The summed E-state index contributed by atoms with van der Waals surface area (Å²) in [6, 6.07) is 18.2. The fourth-order valence-corrected chi connectivity index (χ4v) is 5.14. The summed E-state index contributed by atoms with van der Waals surface area (Å²) in [5, 5.41) is 1.73. The lowest BCUT2D eigenvalue weighted by atomic mass is 9.86. The highest BCUT2D eigenvalue weighted by Gasteiger charge is 2.26. The van der Waals surface area contributed by atoms with Crippen molar-refractivity contribution in [3.63, 3.8) is 0 Å². The average molecular weight is 546 g/mol. The molecule has 1 aromatic heterocycles. The summed E-state index contributed by atoms with van der Waals surface area (Å²) in [7, 11) is 1.54. The Labute approximate surface area is 231 Å². The second kappa shape index (κ2) is 11.0. The van der Waals surface area contributed by atoms with E-state index in [1.807, 2.05) is 36.4 Å². The van der Waals surface area contributed by atoms with E-state index in [0.29, 0.717) is 38.9 Å². The summed E-state index contributed by atoms with van der Waals surface area (Å²) in [5.41, 5.74) is 6.00. The minimum atomic E-state index is -0.439. The van der Waals surface area contributed by atoms with Gasteiger partial charge in [0.2, 0.25) is 0 Å². The second-order valence-electron chi connectivity index (χ2n) is 9.19. The summed E-state index contributed by atoms with van der Waals surface area (Å²) in [6.45, 7) is 1.47. The number of para-hydroxylation sites is 1.